The molecule has 2 saturated heterocycles. The van der Waals surface area contributed by atoms with Crippen molar-refractivity contribution in [3.63, 3.8) is 0 Å². The number of likely N-dealkylation sites (tertiary alicyclic amines) is 1. The highest BCUT2D eigenvalue weighted by molar-refractivity contribution is 7.12. The summed E-state index contributed by atoms with van der Waals surface area (Å²) in [6.07, 6.45) is 2.66. The molecule has 0 N–H and O–H groups in total. The first-order valence-corrected chi connectivity index (χ1v) is 11.5. The number of carbonyl (C=O) groups is 2. The number of hydrogen-bond acceptors (Lipinski definition) is 4. The number of piperidine rings is 1. The third-order valence-corrected chi connectivity index (χ3v) is 6.95. The monoisotopic (exact) mass is 429 g/mol. The summed E-state index contributed by atoms with van der Waals surface area (Å²) < 4.78 is 13.1. The Hall–Kier alpha value is -2.25. The summed E-state index contributed by atoms with van der Waals surface area (Å²) >= 11 is 1.43. The van der Waals surface area contributed by atoms with Crippen molar-refractivity contribution in [2.75, 3.05) is 26.2 Å². The Morgan fingerprint density at radius 1 is 1.07 bits per heavy atom. The first-order chi connectivity index (χ1) is 14.5. The fraction of sp³-hybridized carbons (Fsp3) is 0.478. The number of carbonyl (C=O) groups excluding carboxylic acids is 2. The second kappa shape index (κ2) is 9.27. The Bertz CT molecular complexity index is 871. The molecule has 1 aromatic carbocycles. The molecule has 160 valence electrons. The van der Waals surface area contributed by atoms with Crippen molar-refractivity contribution in [2.24, 2.45) is 0 Å². The van der Waals surface area contributed by atoms with Crippen LogP contribution in [-0.2, 0) is 11.3 Å². The highest BCUT2D eigenvalue weighted by Gasteiger charge is 2.38. The lowest BCUT2D eigenvalue weighted by molar-refractivity contribution is -0.141. The second-order valence-electron chi connectivity index (χ2n) is 8.23. The van der Waals surface area contributed by atoms with Gasteiger partial charge in [-0.05, 0) is 55.3 Å². The molecule has 3 heterocycles. The van der Waals surface area contributed by atoms with E-state index < -0.39 is 0 Å². The molecule has 2 aliphatic rings. The average Bonchev–Trinajstić information content (AvgIpc) is 3.29. The third-order valence-electron chi connectivity index (χ3n) is 6.09. The smallest absolute Gasteiger partial charge is 0.264 e. The van der Waals surface area contributed by atoms with Crippen LogP contribution in [0.4, 0.5) is 4.39 Å². The molecule has 0 unspecified atom stereocenters. The molecule has 0 saturated carbocycles. The van der Waals surface area contributed by atoms with E-state index in [1.165, 1.54) is 23.5 Å². The van der Waals surface area contributed by atoms with E-state index in [0.29, 0.717) is 18.0 Å². The van der Waals surface area contributed by atoms with Crippen LogP contribution in [0.5, 0.6) is 0 Å². The lowest BCUT2D eigenvalue weighted by Crippen LogP contribution is -2.60. The Morgan fingerprint density at radius 2 is 1.87 bits per heavy atom. The third kappa shape index (κ3) is 4.57. The SMILES string of the molecule is C[C@H]1CN(Cc2ccc(F)cc2)CCN1C(=O)[C@H]1CCCCN1C(=O)c1cccs1. The maximum absolute atomic E-state index is 13.4. The minimum atomic E-state index is -0.362. The Balaban J connectivity index is 1.40. The van der Waals surface area contributed by atoms with Crippen molar-refractivity contribution in [2.45, 2.75) is 44.8 Å². The van der Waals surface area contributed by atoms with Crippen molar-refractivity contribution >= 4 is 23.2 Å². The van der Waals surface area contributed by atoms with E-state index in [0.717, 1.165) is 44.5 Å². The van der Waals surface area contributed by atoms with Gasteiger partial charge in [0.05, 0.1) is 4.88 Å². The summed E-state index contributed by atoms with van der Waals surface area (Å²) in [5, 5.41) is 1.90. The lowest BCUT2D eigenvalue weighted by Gasteiger charge is -2.44. The van der Waals surface area contributed by atoms with Crippen LogP contribution < -0.4 is 0 Å². The predicted molar refractivity (Wildman–Crippen MR) is 116 cm³/mol. The summed E-state index contributed by atoms with van der Waals surface area (Å²) in [5.41, 5.74) is 1.07. The van der Waals surface area contributed by atoms with Crippen LogP contribution in [0.1, 0.15) is 41.4 Å². The van der Waals surface area contributed by atoms with Crippen LogP contribution in [0.25, 0.3) is 0 Å². The van der Waals surface area contributed by atoms with Gasteiger partial charge in [0.2, 0.25) is 5.91 Å². The van der Waals surface area contributed by atoms with Crippen LogP contribution in [0.3, 0.4) is 0 Å². The summed E-state index contributed by atoms with van der Waals surface area (Å²) in [6, 6.07) is 10.0. The molecule has 2 atom stereocenters. The van der Waals surface area contributed by atoms with Gasteiger partial charge in [-0.3, -0.25) is 14.5 Å². The van der Waals surface area contributed by atoms with Gasteiger partial charge in [-0.25, -0.2) is 4.39 Å². The minimum Gasteiger partial charge on any atom is -0.336 e. The van der Waals surface area contributed by atoms with E-state index in [1.807, 2.05) is 34.5 Å². The quantitative estimate of drug-likeness (QED) is 0.746. The summed E-state index contributed by atoms with van der Waals surface area (Å²) in [4.78, 5) is 33.1. The largest absolute Gasteiger partial charge is 0.336 e. The molecule has 0 bridgehead atoms. The van der Waals surface area contributed by atoms with Crippen molar-refractivity contribution in [3.8, 4) is 0 Å². The molecule has 0 radical (unpaired) electrons. The summed E-state index contributed by atoms with van der Waals surface area (Å²) in [5.74, 6) is -0.171. The standard InChI is InChI=1S/C23H28FN3O2S/c1-17-15-25(16-18-7-9-19(24)10-8-18)12-13-26(17)22(28)20-5-2-3-11-27(20)23(29)21-6-4-14-30-21/h4,6-10,14,17,20H,2-3,5,11-13,15-16H2,1H3/t17-,20+/m0/s1. The highest BCUT2D eigenvalue weighted by Crippen LogP contribution is 2.25. The maximum Gasteiger partial charge on any atom is 0.264 e. The topological polar surface area (TPSA) is 43.9 Å². The molecule has 2 fully saturated rings. The fourth-order valence-corrected chi connectivity index (χ4v) is 5.20. The zero-order valence-electron chi connectivity index (χ0n) is 17.3. The van der Waals surface area contributed by atoms with Crippen LogP contribution in [0.15, 0.2) is 41.8 Å². The fourth-order valence-electron chi connectivity index (χ4n) is 4.52. The number of hydrogen-bond donors (Lipinski definition) is 0. The molecule has 5 nitrogen and oxygen atoms in total. The Morgan fingerprint density at radius 3 is 2.57 bits per heavy atom. The van der Waals surface area contributed by atoms with Gasteiger partial charge in [-0.1, -0.05) is 18.2 Å². The van der Waals surface area contributed by atoms with Gasteiger partial charge in [0.25, 0.3) is 5.91 Å². The van der Waals surface area contributed by atoms with Gasteiger partial charge < -0.3 is 9.80 Å². The number of rotatable bonds is 4. The maximum atomic E-state index is 13.4. The molecule has 1 aromatic heterocycles. The molecule has 7 heteroatoms. The van der Waals surface area contributed by atoms with Crippen LogP contribution >= 0.6 is 11.3 Å². The first-order valence-electron chi connectivity index (χ1n) is 10.6. The molecule has 30 heavy (non-hydrogen) atoms. The Kier molecular flexibility index (Phi) is 6.49. The van der Waals surface area contributed by atoms with Gasteiger partial charge in [0, 0.05) is 38.8 Å². The first kappa shape index (κ1) is 21.0. The van der Waals surface area contributed by atoms with E-state index in [-0.39, 0.29) is 29.7 Å². The van der Waals surface area contributed by atoms with Crippen molar-refractivity contribution in [3.05, 3.63) is 58.0 Å². The zero-order valence-corrected chi connectivity index (χ0v) is 18.1. The van der Waals surface area contributed by atoms with E-state index >= 15 is 0 Å². The molecule has 2 aromatic rings. The number of halogens is 1. The number of piperazine rings is 1. The number of benzene rings is 1. The summed E-state index contributed by atoms with van der Waals surface area (Å²) in [7, 11) is 0. The molecular formula is C23H28FN3O2S. The minimum absolute atomic E-state index is 0.0225. The van der Waals surface area contributed by atoms with Gasteiger partial charge >= 0.3 is 0 Å². The molecule has 0 spiro atoms. The van der Waals surface area contributed by atoms with E-state index in [2.05, 4.69) is 11.8 Å². The second-order valence-corrected chi connectivity index (χ2v) is 9.18. The molecule has 2 amide bonds. The molecule has 2 aliphatic heterocycles. The number of amides is 2. The van der Waals surface area contributed by atoms with Crippen molar-refractivity contribution in [1.82, 2.24) is 14.7 Å². The van der Waals surface area contributed by atoms with Crippen LogP contribution in [-0.4, -0.2) is 64.8 Å². The van der Waals surface area contributed by atoms with E-state index in [9.17, 15) is 14.0 Å². The van der Waals surface area contributed by atoms with Gasteiger partial charge in [0.15, 0.2) is 0 Å². The van der Waals surface area contributed by atoms with Gasteiger partial charge in [-0.15, -0.1) is 11.3 Å². The molecular weight excluding hydrogens is 401 g/mol. The number of thiophene rings is 1. The van der Waals surface area contributed by atoms with Crippen molar-refractivity contribution < 1.29 is 14.0 Å². The van der Waals surface area contributed by atoms with Crippen LogP contribution in [0.2, 0.25) is 0 Å². The Labute approximate surface area is 181 Å². The van der Waals surface area contributed by atoms with Crippen molar-refractivity contribution in [1.29, 1.82) is 0 Å². The lowest BCUT2D eigenvalue weighted by atomic mass is 9.99. The van der Waals surface area contributed by atoms with Gasteiger partial charge in [-0.2, -0.15) is 0 Å². The normalized spacial score (nSPS) is 22.9. The predicted octanol–water partition coefficient (Wildman–Crippen LogP) is 3.61. The average molecular weight is 430 g/mol. The van der Waals surface area contributed by atoms with E-state index in [4.69, 9.17) is 0 Å². The van der Waals surface area contributed by atoms with E-state index in [1.54, 1.807) is 4.90 Å². The highest BCUT2D eigenvalue weighted by atomic mass is 32.1. The van der Waals surface area contributed by atoms with Crippen LogP contribution in [0, 0.1) is 5.82 Å². The number of nitrogens with zero attached hydrogens (tertiary/aromatic N) is 3. The molecule has 0 aliphatic carbocycles. The van der Waals surface area contributed by atoms with Gasteiger partial charge in [0.1, 0.15) is 11.9 Å². The summed E-state index contributed by atoms with van der Waals surface area (Å²) in [6.45, 7) is 5.67. The molecule has 4 rings (SSSR count). The zero-order chi connectivity index (χ0) is 21.1.